The van der Waals surface area contributed by atoms with Crippen molar-refractivity contribution in [2.75, 3.05) is 13.9 Å². The number of carbonyl (C=O) groups excluding carboxylic acids is 2. The Bertz CT molecular complexity index is 865. The molecule has 0 saturated heterocycles. The monoisotopic (exact) mass is 440 g/mol. The van der Waals surface area contributed by atoms with Crippen LogP contribution in [-0.4, -0.2) is 37.4 Å². The van der Waals surface area contributed by atoms with E-state index in [0.717, 1.165) is 32.1 Å². The van der Waals surface area contributed by atoms with Gasteiger partial charge >= 0.3 is 5.97 Å². The molecule has 174 valence electrons. The summed E-state index contributed by atoms with van der Waals surface area (Å²) in [5.74, 6) is 5.84. The number of fused-ring (bicyclic) bond motifs is 1. The second kappa shape index (κ2) is 10.2. The summed E-state index contributed by atoms with van der Waals surface area (Å²) in [5, 5.41) is 0. The van der Waals surface area contributed by atoms with Crippen LogP contribution >= 0.6 is 0 Å². The Balaban J connectivity index is 1.69. The largest absolute Gasteiger partial charge is 0.458 e. The molecule has 0 bridgehead atoms. The molecule has 0 heterocycles. The Morgan fingerprint density at radius 1 is 1.19 bits per heavy atom. The van der Waals surface area contributed by atoms with Gasteiger partial charge in [0.25, 0.3) is 0 Å². The number of benzene rings is 1. The summed E-state index contributed by atoms with van der Waals surface area (Å²) in [6.45, 7) is 8.07. The minimum Gasteiger partial charge on any atom is -0.458 e. The topological polar surface area (TPSA) is 61.8 Å². The third-order valence-corrected chi connectivity index (χ3v) is 7.45. The Kier molecular flexibility index (Phi) is 7.79. The average molecular weight is 441 g/mol. The molecule has 0 aliphatic heterocycles. The molecule has 0 N–H and O–H groups in total. The van der Waals surface area contributed by atoms with Gasteiger partial charge in [-0.25, -0.2) is 4.79 Å². The second-order valence-electron chi connectivity index (χ2n) is 9.96. The molecular weight excluding hydrogens is 404 g/mol. The van der Waals surface area contributed by atoms with Gasteiger partial charge in [-0.2, -0.15) is 0 Å². The number of carbonyl (C=O) groups is 2. The number of methoxy groups -OCH3 is 1. The van der Waals surface area contributed by atoms with Crippen LogP contribution in [0.3, 0.4) is 0 Å². The maximum absolute atomic E-state index is 13.0. The van der Waals surface area contributed by atoms with Crippen molar-refractivity contribution in [1.82, 2.24) is 0 Å². The van der Waals surface area contributed by atoms with Crippen LogP contribution in [0.25, 0.3) is 0 Å². The van der Waals surface area contributed by atoms with Crippen molar-refractivity contribution in [3.8, 4) is 11.8 Å². The molecule has 2 saturated carbocycles. The minimum atomic E-state index is -0.741. The van der Waals surface area contributed by atoms with Gasteiger partial charge in [0, 0.05) is 18.9 Å². The number of hydrogen-bond acceptors (Lipinski definition) is 5. The predicted molar refractivity (Wildman–Crippen MR) is 123 cm³/mol. The van der Waals surface area contributed by atoms with Crippen LogP contribution < -0.4 is 0 Å². The number of Topliss-reactive ketones (excluding diaryl/α,β-unsaturated/α-hetero) is 1. The molecule has 0 aromatic heterocycles. The number of ether oxygens (including phenoxy) is 3. The third-order valence-electron chi connectivity index (χ3n) is 7.45. The molecule has 0 radical (unpaired) electrons. The highest BCUT2D eigenvalue weighted by molar-refractivity contribution is 5.97. The zero-order valence-electron chi connectivity index (χ0n) is 20.0. The van der Waals surface area contributed by atoms with E-state index in [1.54, 1.807) is 19.2 Å². The molecule has 3 rings (SSSR count). The molecule has 0 unspecified atom stereocenters. The van der Waals surface area contributed by atoms with Crippen molar-refractivity contribution in [1.29, 1.82) is 0 Å². The molecule has 0 spiro atoms. The van der Waals surface area contributed by atoms with Crippen molar-refractivity contribution in [3.63, 3.8) is 0 Å². The Labute approximate surface area is 192 Å². The van der Waals surface area contributed by atoms with E-state index in [1.807, 2.05) is 39.0 Å². The first-order valence-electron chi connectivity index (χ1n) is 11.6. The van der Waals surface area contributed by atoms with Crippen LogP contribution in [0, 0.1) is 35.0 Å². The van der Waals surface area contributed by atoms with Crippen molar-refractivity contribution >= 4 is 11.8 Å². The van der Waals surface area contributed by atoms with Crippen LogP contribution in [0.15, 0.2) is 30.3 Å². The van der Waals surface area contributed by atoms with Crippen molar-refractivity contribution in [2.24, 2.45) is 23.2 Å². The quantitative estimate of drug-likeness (QED) is 0.257. The molecule has 5 heteroatoms. The first-order chi connectivity index (χ1) is 15.2. The fraction of sp³-hybridized carbons (Fsp3) is 0.630. The Morgan fingerprint density at radius 3 is 2.59 bits per heavy atom. The van der Waals surface area contributed by atoms with Crippen LogP contribution in [-0.2, 0) is 19.0 Å². The van der Waals surface area contributed by atoms with Gasteiger partial charge in [0.2, 0.25) is 5.78 Å². The average Bonchev–Trinajstić information content (AvgIpc) is 3.14. The summed E-state index contributed by atoms with van der Waals surface area (Å²) in [6, 6.07) is 9.17. The molecule has 5 nitrogen and oxygen atoms in total. The maximum atomic E-state index is 13.0. The summed E-state index contributed by atoms with van der Waals surface area (Å²) in [4.78, 5) is 25.6. The minimum absolute atomic E-state index is 0.0291. The van der Waals surface area contributed by atoms with E-state index in [-0.39, 0.29) is 47.8 Å². The first kappa shape index (κ1) is 24.5. The summed E-state index contributed by atoms with van der Waals surface area (Å²) in [7, 11) is 1.56. The van der Waals surface area contributed by atoms with Crippen molar-refractivity contribution in [3.05, 3.63) is 35.9 Å². The van der Waals surface area contributed by atoms with E-state index in [1.165, 1.54) is 0 Å². The standard InChI is InChI=1S/C27H36O5/c1-19(23(28)15-17-26(2,3)31-18-30-5)21-13-14-22-24(12-9-16-27(21,22)4)32-25(29)20-10-7-6-8-11-20/h6-8,10-11,19,21-22,24H,9,12-14,16,18H2,1-5H3/t19-,21-,22+,24-,27+/m0/s1. The Hall–Kier alpha value is -2.16. The number of hydrogen-bond donors (Lipinski definition) is 0. The third kappa shape index (κ3) is 5.42. The number of esters is 1. The fourth-order valence-electron chi connectivity index (χ4n) is 5.65. The first-order valence-corrected chi connectivity index (χ1v) is 11.6. The number of rotatable bonds is 7. The van der Waals surface area contributed by atoms with E-state index in [9.17, 15) is 9.59 Å². The SMILES string of the molecule is COCOC(C)(C)C#CC(=O)[C@@H](C)[C@@H]1CC[C@@H]2[C@@H](OC(=O)c3ccccc3)CCC[C@@]21C. The highest BCUT2D eigenvalue weighted by atomic mass is 16.7. The van der Waals surface area contributed by atoms with Gasteiger partial charge in [-0.15, -0.1) is 0 Å². The second-order valence-corrected chi connectivity index (χ2v) is 9.96. The van der Waals surface area contributed by atoms with Gasteiger partial charge < -0.3 is 14.2 Å². The zero-order chi connectivity index (χ0) is 23.4. The summed E-state index contributed by atoms with van der Waals surface area (Å²) >= 11 is 0. The molecule has 0 amide bonds. The van der Waals surface area contributed by atoms with Gasteiger partial charge in [0.1, 0.15) is 18.5 Å². The van der Waals surface area contributed by atoms with Gasteiger partial charge in [0.15, 0.2) is 0 Å². The van der Waals surface area contributed by atoms with Gasteiger partial charge in [-0.3, -0.25) is 4.79 Å². The molecular formula is C27H36O5. The molecule has 1 aromatic rings. The lowest BCUT2D eigenvalue weighted by atomic mass is 9.61. The molecule has 5 atom stereocenters. The van der Waals surface area contributed by atoms with Gasteiger partial charge in [-0.05, 0) is 75.3 Å². The fourth-order valence-corrected chi connectivity index (χ4v) is 5.65. The lowest BCUT2D eigenvalue weighted by Crippen LogP contribution is -2.44. The van der Waals surface area contributed by atoms with Crippen LogP contribution in [0.2, 0.25) is 0 Å². The molecule has 2 aliphatic carbocycles. The molecule has 2 fully saturated rings. The van der Waals surface area contributed by atoms with E-state index < -0.39 is 5.60 Å². The zero-order valence-corrected chi connectivity index (χ0v) is 20.0. The molecule has 32 heavy (non-hydrogen) atoms. The van der Waals surface area contributed by atoms with Crippen LogP contribution in [0.1, 0.15) is 70.2 Å². The van der Waals surface area contributed by atoms with Gasteiger partial charge in [0.05, 0.1) is 5.56 Å². The lowest BCUT2D eigenvalue weighted by Gasteiger charge is -2.45. The highest BCUT2D eigenvalue weighted by Crippen LogP contribution is 2.58. The van der Waals surface area contributed by atoms with Crippen molar-refractivity contribution < 1.29 is 23.8 Å². The predicted octanol–water partition coefficient (Wildman–Crippen LogP) is 5.04. The van der Waals surface area contributed by atoms with Crippen LogP contribution in [0.5, 0.6) is 0 Å². The lowest BCUT2D eigenvalue weighted by molar-refractivity contribution is -0.121. The van der Waals surface area contributed by atoms with Gasteiger partial charge in [-0.1, -0.05) is 38.0 Å². The van der Waals surface area contributed by atoms with E-state index in [0.29, 0.717) is 5.56 Å². The van der Waals surface area contributed by atoms with E-state index in [2.05, 4.69) is 18.8 Å². The van der Waals surface area contributed by atoms with Crippen LogP contribution in [0.4, 0.5) is 0 Å². The highest BCUT2D eigenvalue weighted by Gasteiger charge is 2.54. The molecule has 1 aromatic carbocycles. The Morgan fingerprint density at radius 2 is 1.91 bits per heavy atom. The molecule has 2 aliphatic rings. The summed E-state index contributed by atoms with van der Waals surface area (Å²) in [6.07, 6.45) is 4.77. The van der Waals surface area contributed by atoms with E-state index in [4.69, 9.17) is 14.2 Å². The van der Waals surface area contributed by atoms with Crippen molar-refractivity contribution in [2.45, 2.75) is 71.5 Å². The number of ketones is 1. The normalized spacial score (nSPS) is 28.2. The summed E-state index contributed by atoms with van der Waals surface area (Å²) < 4.78 is 16.5. The van der Waals surface area contributed by atoms with E-state index >= 15 is 0 Å². The maximum Gasteiger partial charge on any atom is 0.338 e. The smallest absolute Gasteiger partial charge is 0.338 e. The summed E-state index contributed by atoms with van der Waals surface area (Å²) in [5.41, 5.74) is -0.181.